The van der Waals surface area contributed by atoms with Crippen LogP contribution in [0.5, 0.6) is 17.2 Å². The number of allylic oxidation sites excluding steroid dienone is 2. The first-order valence-electron chi connectivity index (χ1n) is 15.7. The molecule has 1 saturated carbocycles. The molecule has 14 heteroatoms. The number of halogens is 2. The van der Waals surface area contributed by atoms with Crippen LogP contribution in [0.4, 0.5) is 10.5 Å². The highest BCUT2D eigenvalue weighted by molar-refractivity contribution is 6.36. The lowest BCUT2D eigenvalue weighted by Crippen LogP contribution is -2.53. The number of fused-ring (bicyclic) bond motifs is 4. The van der Waals surface area contributed by atoms with Gasteiger partial charge in [0.15, 0.2) is 11.5 Å². The third-order valence-electron chi connectivity index (χ3n) is 10.5. The lowest BCUT2D eigenvalue weighted by atomic mass is 9.49. The van der Waals surface area contributed by atoms with Gasteiger partial charge in [-0.3, -0.25) is 24.6 Å². The Balaban J connectivity index is 1.47. The zero-order valence-corrected chi connectivity index (χ0v) is 28.5. The van der Waals surface area contributed by atoms with Crippen LogP contribution in [0.25, 0.3) is 0 Å². The molecule has 2 N–H and O–H groups in total. The second kappa shape index (κ2) is 12.4. The van der Waals surface area contributed by atoms with Crippen LogP contribution in [0.15, 0.2) is 72.3 Å². The predicted molar refractivity (Wildman–Crippen MR) is 180 cm³/mol. The van der Waals surface area contributed by atoms with Crippen molar-refractivity contribution in [3.8, 4) is 17.2 Å². The van der Waals surface area contributed by atoms with Crippen molar-refractivity contribution in [2.75, 3.05) is 26.8 Å². The molecular formula is C36H31Cl2N3O9. The minimum Gasteiger partial charge on any atom is -0.504 e. The Labute approximate surface area is 296 Å². The number of phenols is 1. The third-order valence-corrected chi connectivity index (χ3v) is 11.0. The van der Waals surface area contributed by atoms with E-state index >= 15 is 4.79 Å². The molecule has 5 amide bonds. The molecule has 50 heavy (non-hydrogen) atoms. The van der Waals surface area contributed by atoms with E-state index in [1.807, 2.05) is 6.08 Å². The molecule has 0 radical (unpaired) electrons. The van der Waals surface area contributed by atoms with Gasteiger partial charge in [-0.05, 0) is 72.4 Å². The fourth-order valence-corrected chi connectivity index (χ4v) is 8.81. The van der Waals surface area contributed by atoms with Crippen LogP contribution >= 0.6 is 23.2 Å². The maximum absolute atomic E-state index is 15.3. The van der Waals surface area contributed by atoms with Crippen LogP contribution in [0.1, 0.15) is 29.9 Å². The summed E-state index contributed by atoms with van der Waals surface area (Å²) in [4.78, 5) is 70.6. The Hall–Kier alpha value is -5.07. The SMILES string of the molecule is COC(=O)N1C(=O)[C@H]2[C@H](CC=C3[C@H]2C[C@H]2C(=O)N(Nc4ccc(Cl)cc4Cl)C(=O)[C@@]2(c2ccc(OC)cc2)[C@H]3c2ccc(O)c(OC)c2)C1=O. The molecule has 0 spiro atoms. The summed E-state index contributed by atoms with van der Waals surface area (Å²) in [5.41, 5.74) is 3.23. The fourth-order valence-electron chi connectivity index (χ4n) is 8.36. The molecule has 3 aromatic carbocycles. The normalized spacial score (nSPS) is 27.0. The second-order valence-electron chi connectivity index (χ2n) is 12.6. The highest BCUT2D eigenvalue weighted by Gasteiger charge is 2.70. The van der Waals surface area contributed by atoms with Crippen LogP contribution in [-0.4, -0.2) is 66.1 Å². The zero-order chi connectivity index (χ0) is 35.6. The van der Waals surface area contributed by atoms with Gasteiger partial charge in [0.1, 0.15) is 5.75 Å². The summed E-state index contributed by atoms with van der Waals surface area (Å²) >= 11 is 12.6. The molecule has 258 valence electrons. The molecule has 0 unspecified atom stereocenters. The molecule has 6 atom stereocenters. The maximum Gasteiger partial charge on any atom is 0.423 e. The minimum atomic E-state index is -1.61. The number of anilines is 1. The van der Waals surface area contributed by atoms with Crippen LogP contribution in [0.3, 0.4) is 0 Å². The number of methoxy groups -OCH3 is 3. The van der Waals surface area contributed by atoms with Crippen molar-refractivity contribution < 1.29 is 43.3 Å². The number of likely N-dealkylation sites (tertiary alicyclic amines) is 1. The predicted octanol–water partition coefficient (Wildman–Crippen LogP) is 5.47. The average molecular weight is 721 g/mol. The van der Waals surface area contributed by atoms with Gasteiger partial charge in [0.25, 0.3) is 11.8 Å². The van der Waals surface area contributed by atoms with Gasteiger partial charge < -0.3 is 19.3 Å². The lowest BCUT2D eigenvalue weighted by Gasteiger charge is -2.50. The number of nitrogens with one attached hydrogen (secondary N) is 1. The molecule has 7 rings (SSSR count). The Morgan fingerprint density at radius 2 is 1.64 bits per heavy atom. The summed E-state index contributed by atoms with van der Waals surface area (Å²) in [6.45, 7) is 0. The Kier molecular flexibility index (Phi) is 8.26. The Bertz CT molecular complexity index is 2000. The summed E-state index contributed by atoms with van der Waals surface area (Å²) in [6, 6.07) is 16.1. The Morgan fingerprint density at radius 1 is 0.900 bits per heavy atom. The van der Waals surface area contributed by atoms with Gasteiger partial charge in [-0.15, -0.1) is 0 Å². The van der Waals surface area contributed by atoms with E-state index in [4.69, 9.17) is 37.4 Å². The molecule has 2 aliphatic carbocycles. The number of nitrogens with zero attached hydrogens (tertiary/aromatic N) is 2. The number of phenolic OH excluding ortho intramolecular Hbond substituents is 1. The number of carbonyl (C=O) groups is 5. The van der Waals surface area contributed by atoms with Crippen LogP contribution in [0, 0.1) is 23.7 Å². The van der Waals surface area contributed by atoms with Gasteiger partial charge in [0.05, 0.1) is 55.2 Å². The van der Waals surface area contributed by atoms with Gasteiger partial charge in [0.2, 0.25) is 11.8 Å². The van der Waals surface area contributed by atoms with Crippen LogP contribution < -0.4 is 14.9 Å². The van der Waals surface area contributed by atoms with Crippen LogP contribution in [0.2, 0.25) is 10.0 Å². The molecule has 4 aliphatic rings. The van der Waals surface area contributed by atoms with E-state index in [9.17, 15) is 24.3 Å². The monoisotopic (exact) mass is 719 g/mol. The highest BCUT2D eigenvalue weighted by Crippen LogP contribution is 2.64. The molecule has 2 saturated heterocycles. The van der Waals surface area contributed by atoms with E-state index in [2.05, 4.69) is 5.43 Å². The number of hydrogen-bond donors (Lipinski definition) is 2. The van der Waals surface area contributed by atoms with Gasteiger partial charge in [0, 0.05) is 10.9 Å². The number of ether oxygens (including phenoxy) is 3. The number of hydrazine groups is 1. The quantitative estimate of drug-likeness (QED) is 0.248. The van der Waals surface area contributed by atoms with Crippen molar-refractivity contribution in [2.24, 2.45) is 23.7 Å². The number of rotatable bonds is 6. The highest BCUT2D eigenvalue weighted by atomic mass is 35.5. The van der Waals surface area contributed by atoms with Gasteiger partial charge >= 0.3 is 6.09 Å². The number of imide groups is 4. The Morgan fingerprint density at radius 3 is 2.30 bits per heavy atom. The summed E-state index contributed by atoms with van der Waals surface area (Å²) in [5, 5.41) is 12.1. The van der Waals surface area contributed by atoms with E-state index in [0.29, 0.717) is 32.4 Å². The molecular weight excluding hydrogens is 689 g/mol. The third kappa shape index (κ3) is 4.76. The summed E-state index contributed by atoms with van der Waals surface area (Å²) in [6.07, 6.45) is 0.860. The summed E-state index contributed by atoms with van der Waals surface area (Å²) < 4.78 is 15.7. The lowest BCUT2D eigenvalue weighted by molar-refractivity contribution is -0.140. The summed E-state index contributed by atoms with van der Waals surface area (Å²) in [5.74, 6) is -6.64. The van der Waals surface area contributed by atoms with Crippen molar-refractivity contribution >= 4 is 58.6 Å². The van der Waals surface area contributed by atoms with Crippen molar-refractivity contribution in [2.45, 2.75) is 24.2 Å². The molecule has 3 fully saturated rings. The first-order chi connectivity index (χ1) is 24.0. The fraction of sp³-hybridized carbons (Fsp3) is 0.306. The van der Waals surface area contributed by atoms with E-state index in [-0.39, 0.29) is 35.1 Å². The molecule has 0 aromatic heterocycles. The van der Waals surface area contributed by atoms with Crippen molar-refractivity contribution in [3.63, 3.8) is 0 Å². The van der Waals surface area contributed by atoms with Gasteiger partial charge in [-0.25, -0.2) is 4.79 Å². The molecule has 0 bridgehead atoms. The van der Waals surface area contributed by atoms with E-state index in [0.717, 1.165) is 12.1 Å². The number of benzene rings is 3. The molecule has 3 aromatic rings. The maximum atomic E-state index is 15.3. The van der Waals surface area contributed by atoms with E-state index < -0.39 is 64.7 Å². The van der Waals surface area contributed by atoms with Gasteiger partial charge in [-0.2, -0.15) is 9.91 Å². The largest absolute Gasteiger partial charge is 0.504 e. The topological polar surface area (TPSA) is 152 Å². The summed E-state index contributed by atoms with van der Waals surface area (Å²) in [7, 11) is 3.99. The molecule has 12 nitrogen and oxygen atoms in total. The first kappa shape index (κ1) is 33.4. The zero-order valence-electron chi connectivity index (χ0n) is 27.0. The molecule has 2 heterocycles. The van der Waals surface area contributed by atoms with Crippen molar-refractivity contribution in [1.82, 2.24) is 9.91 Å². The standard InChI is InChI=1S/C36H31Cl2N3O9/c1-48-20-8-5-18(6-9-20)36-24(32(44)41(34(36)46)39-26-12-7-19(37)15-25(26)38)16-23-21(30(36)17-4-13-27(42)28(14-17)49-2)10-11-22-29(23)33(45)40(31(22)43)35(47)50-3/h4-10,12-15,22-24,29-30,39,42H,11,16H2,1-3H3/t22-,23+,24-,29-,30-,36+/m0/s1. The number of aromatic hydroxyl groups is 1. The first-order valence-corrected chi connectivity index (χ1v) is 16.5. The van der Waals surface area contributed by atoms with Crippen molar-refractivity contribution in [3.05, 3.63) is 93.5 Å². The number of carbonyl (C=O) groups excluding carboxylic acids is 5. The minimum absolute atomic E-state index is 0.00408. The van der Waals surface area contributed by atoms with E-state index in [1.54, 1.807) is 48.5 Å². The number of amides is 5. The van der Waals surface area contributed by atoms with Crippen molar-refractivity contribution in [1.29, 1.82) is 0 Å². The average Bonchev–Trinajstić information content (AvgIpc) is 3.50. The van der Waals surface area contributed by atoms with Gasteiger partial charge in [-0.1, -0.05) is 53.1 Å². The number of hydrogen-bond acceptors (Lipinski definition) is 10. The molecule has 2 aliphatic heterocycles. The smallest absolute Gasteiger partial charge is 0.423 e. The van der Waals surface area contributed by atoms with E-state index in [1.165, 1.54) is 26.4 Å². The second-order valence-corrected chi connectivity index (χ2v) is 13.5. The van der Waals surface area contributed by atoms with Crippen LogP contribution in [-0.2, 0) is 29.3 Å².